The molecule has 2 aliphatic rings. The monoisotopic (exact) mass is 595 g/mol. The van der Waals surface area contributed by atoms with Crippen LogP contribution in [-0.4, -0.2) is 46.6 Å². The van der Waals surface area contributed by atoms with Crippen molar-refractivity contribution in [3.63, 3.8) is 0 Å². The summed E-state index contributed by atoms with van der Waals surface area (Å²) in [5.41, 5.74) is 3.60. The molecule has 2 aliphatic heterocycles. The fourth-order valence-corrected chi connectivity index (χ4v) is 6.13. The summed E-state index contributed by atoms with van der Waals surface area (Å²) in [6.07, 6.45) is -0.212. The number of imide groups is 1. The molecule has 4 aromatic carbocycles. The Labute approximate surface area is 237 Å². The number of nitrogens with zero attached hydrogens (tertiary/aromatic N) is 5. The smallest absolute Gasteiger partial charge is 0.262 e. The van der Waals surface area contributed by atoms with E-state index in [9.17, 15) is 25.1 Å². The van der Waals surface area contributed by atoms with Crippen LogP contribution in [0, 0.1) is 11.3 Å². The number of aliphatic hydroxyl groups excluding tert-OH is 1. The number of azo groups is 1. The predicted molar refractivity (Wildman–Crippen MR) is 152 cm³/mol. The highest BCUT2D eigenvalue weighted by atomic mass is 79.9. The number of benzene rings is 4. The van der Waals surface area contributed by atoms with Gasteiger partial charge in [-0.3, -0.25) is 14.5 Å². The molecule has 0 fully saturated rings. The van der Waals surface area contributed by atoms with Gasteiger partial charge in [0, 0.05) is 37.6 Å². The van der Waals surface area contributed by atoms with E-state index in [4.69, 9.17) is 0 Å². The third kappa shape index (κ3) is 4.11. The van der Waals surface area contributed by atoms with Crippen LogP contribution in [0.3, 0.4) is 0 Å². The molecule has 0 aromatic heterocycles. The van der Waals surface area contributed by atoms with Crippen molar-refractivity contribution in [1.29, 1.82) is 5.26 Å². The summed E-state index contributed by atoms with van der Waals surface area (Å²) in [6, 6.07) is 20.3. The molecule has 10 heteroatoms. The average molecular weight is 596 g/mol. The standard InChI is InChI=1S/C30H22BrN5O4/c1-35-29(39)21-11-18(13-32)27(26(31)25(21)30(35)40)34-33-22-12-17-10-19(37)15-36(14-16-6-3-2-4-7-16)28(17)20-8-5-9-23(38)24(20)22/h2-9,11-12,19,37-38H,10,14-15H2,1H3. The fourth-order valence-electron chi connectivity index (χ4n) is 5.45. The number of halogens is 1. The molecule has 0 spiro atoms. The molecule has 2 heterocycles. The largest absolute Gasteiger partial charge is 0.507 e. The molecule has 9 nitrogen and oxygen atoms in total. The second kappa shape index (κ2) is 9.86. The number of anilines is 1. The third-order valence-electron chi connectivity index (χ3n) is 7.26. The van der Waals surface area contributed by atoms with Crippen molar-refractivity contribution in [2.75, 3.05) is 18.5 Å². The van der Waals surface area contributed by atoms with Crippen LogP contribution >= 0.6 is 15.9 Å². The molecule has 2 amide bonds. The van der Waals surface area contributed by atoms with Gasteiger partial charge in [0.2, 0.25) is 0 Å². The molecule has 0 radical (unpaired) electrons. The molecule has 0 saturated carbocycles. The van der Waals surface area contributed by atoms with Crippen molar-refractivity contribution in [2.24, 2.45) is 10.2 Å². The number of aromatic hydroxyl groups is 1. The number of amides is 2. The van der Waals surface area contributed by atoms with Gasteiger partial charge >= 0.3 is 0 Å². The van der Waals surface area contributed by atoms with Crippen molar-refractivity contribution in [3.05, 3.63) is 93.0 Å². The van der Waals surface area contributed by atoms with E-state index in [0.29, 0.717) is 30.6 Å². The number of carbonyl (C=O) groups excluding carboxylic acids is 2. The van der Waals surface area contributed by atoms with Gasteiger partial charge in [-0.15, -0.1) is 10.2 Å². The van der Waals surface area contributed by atoms with Crippen molar-refractivity contribution in [1.82, 2.24) is 4.90 Å². The molecule has 4 aromatic rings. The first-order valence-electron chi connectivity index (χ1n) is 12.5. The molecule has 0 saturated heterocycles. The van der Waals surface area contributed by atoms with Crippen molar-refractivity contribution in [2.45, 2.75) is 19.1 Å². The first-order chi connectivity index (χ1) is 19.3. The van der Waals surface area contributed by atoms with Gasteiger partial charge in [0.05, 0.1) is 38.3 Å². The molecule has 198 valence electrons. The fraction of sp³-hybridized carbons (Fsp3) is 0.167. The molecular formula is C30H22BrN5O4. The lowest BCUT2D eigenvalue weighted by atomic mass is 9.93. The summed E-state index contributed by atoms with van der Waals surface area (Å²) in [6.45, 7) is 1.01. The molecule has 1 atom stereocenters. The zero-order valence-electron chi connectivity index (χ0n) is 21.3. The van der Waals surface area contributed by atoms with E-state index in [0.717, 1.165) is 27.1 Å². The van der Waals surface area contributed by atoms with Gasteiger partial charge in [-0.05, 0) is 45.3 Å². The van der Waals surface area contributed by atoms with E-state index in [1.165, 1.54) is 13.1 Å². The second-order valence-electron chi connectivity index (χ2n) is 9.82. The Hall–Kier alpha value is -4.59. The number of phenolic OH excluding ortho intramolecular Hbond substituents is 1. The molecule has 1 unspecified atom stereocenters. The van der Waals surface area contributed by atoms with E-state index in [-0.39, 0.29) is 32.6 Å². The Balaban J connectivity index is 1.50. The minimum absolute atomic E-state index is 0.0101. The summed E-state index contributed by atoms with van der Waals surface area (Å²) in [5, 5.41) is 41.5. The maximum atomic E-state index is 12.7. The Morgan fingerprint density at radius 1 is 1.07 bits per heavy atom. The van der Waals surface area contributed by atoms with Crippen LogP contribution < -0.4 is 4.90 Å². The molecule has 2 N–H and O–H groups in total. The van der Waals surface area contributed by atoms with Crippen LogP contribution in [0.15, 0.2) is 75.4 Å². The number of rotatable bonds is 4. The highest BCUT2D eigenvalue weighted by molar-refractivity contribution is 9.10. The van der Waals surface area contributed by atoms with Gasteiger partial charge in [0.15, 0.2) is 0 Å². The summed E-state index contributed by atoms with van der Waals surface area (Å²) >= 11 is 3.37. The highest BCUT2D eigenvalue weighted by Crippen LogP contribution is 2.45. The van der Waals surface area contributed by atoms with Gasteiger partial charge in [0.25, 0.3) is 11.8 Å². The number of fused-ring (bicyclic) bond motifs is 4. The van der Waals surface area contributed by atoms with Crippen LogP contribution in [0.1, 0.15) is 37.4 Å². The number of hydrogen-bond acceptors (Lipinski definition) is 8. The molecule has 0 bridgehead atoms. The zero-order valence-corrected chi connectivity index (χ0v) is 22.9. The molecule has 40 heavy (non-hydrogen) atoms. The van der Waals surface area contributed by atoms with Crippen LogP contribution in [0.25, 0.3) is 10.8 Å². The summed E-state index contributed by atoms with van der Waals surface area (Å²) in [5.74, 6) is -0.988. The summed E-state index contributed by atoms with van der Waals surface area (Å²) in [7, 11) is 1.38. The van der Waals surface area contributed by atoms with Crippen LogP contribution in [0.5, 0.6) is 5.75 Å². The van der Waals surface area contributed by atoms with Crippen molar-refractivity contribution in [3.8, 4) is 11.8 Å². The Bertz CT molecular complexity index is 1800. The number of carbonyl (C=O) groups is 2. The van der Waals surface area contributed by atoms with E-state index < -0.39 is 17.9 Å². The van der Waals surface area contributed by atoms with Crippen LogP contribution in [0.2, 0.25) is 0 Å². The third-order valence-corrected chi connectivity index (χ3v) is 8.03. The number of phenols is 1. The maximum absolute atomic E-state index is 12.7. The topological polar surface area (TPSA) is 130 Å². The van der Waals surface area contributed by atoms with Gasteiger partial charge in [-0.25, -0.2) is 0 Å². The van der Waals surface area contributed by atoms with E-state index in [2.05, 4.69) is 31.1 Å². The maximum Gasteiger partial charge on any atom is 0.262 e. The van der Waals surface area contributed by atoms with Gasteiger partial charge in [0.1, 0.15) is 17.5 Å². The minimum atomic E-state index is -0.604. The number of aliphatic hydroxyl groups is 1. The highest BCUT2D eigenvalue weighted by Gasteiger charge is 2.37. The minimum Gasteiger partial charge on any atom is -0.507 e. The zero-order chi connectivity index (χ0) is 28.1. The first kappa shape index (κ1) is 25.7. The first-order valence-corrected chi connectivity index (χ1v) is 13.3. The van der Waals surface area contributed by atoms with Crippen LogP contribution in [0.4, 0.5) is 17.1 Å². The van der Waals surface area contributed by atoms with Crippen molar-refractivity contribution < 1.29 is 19.8 Å². The predicted octanol–water partition coefficient (Wildman–Crippen LogP) is 5.74. The lowest BCUT2D eigenvalue weighted by Gasteiger charge is -2.35. The lowest BCUT2D eigenvalue weighted by Crippen LogP contribution is -2.38. The molecule has 6 rings (SSSR count). The van der Waals surface area contributed by atoms with Gasteiger partial charge < -0.3 is 15.1 Å². The Morgan fingerprint density at radius 3 is 2.60 bits per heavy atom. The molecule has 0 aliphatic carbocycles. The SMILES string of the molecule is CN1C(=O)c2cc(C#N)c(N=Nc3cc4c(c5cccc(O)c35)N(Cc3ccccc3)CC(O)C4)c(Br)c2C1=O. The van der Waals surface area contributed by atoms with E-state index in [1.54, 1.807) is 18.2 Å². The average Bonchev–Trinajstić information content (AvgIpc) is 3.16. The van der Waals surface area contributed by atoms with E-state index >= 15 is 0 Å². The number of β-amino-alcohol motifs (C(OH)–C–C–N with tert-alkyl or cyclic N) is 1. The number of hydrogen-bond donors (Lipinski definition) is 2. The van der Waals surface area contributed by atoms with E-state index in [1.807, 2.05) is 42.5 Å². The Kier molecular flexibility index (Phi) is 6.33. The van der Waals surface area contributed by atoms with Crippen LogP contribution in [-0.2, 0) is 13.0 Å². The Morgan fingerprint density at radius 2 is 1.85 bits per heavy atom. The van der Waals surface area contributed by atoms with Gasteiger partial charge in [-0.1, -0.05) is 42.5 Å². The normalized spacial score (nSPS) is 16.5. The lowest BCUT2D eigenvalue weighted by molar-refractivity contribution is 0.0692. The molecular weight excluding hydrogens is 574 g/mol. The second-order valence-corrected chi connectivity index (χ2v) is 10.6. The summed E-state index contributed by atoms with van der Waals surface area (Å²) in [4.78, 5) is 28.2. The summed E-state index contributed by atoms with van der Waals surface area (Å²) < 4.78 is 0.198. The van der Waals surface area contributed by atoms with Crippen molar-refractivity contribution >= 4 is 55.6 Å². The van der Waals surface area contributed by atoms with Gasteiger partial charge in [-0.2, -0.15) is 5.26 Å². The quantitative estimate of drug-likeness (QED) is 0.228. The number of nitriles is 1.